The van der Waals surface area contributed by atoms with Crippen molar-refractivity contribution in [2.24, 2.45) is 7.05 Å². The molecule has 100 valence electrons. The Morgan fingerprint density at radius 3 is 3.11 bits per heavy atom. The minimum absolute atomic E-state index is 0.573. The molecular weight excluding hydrogens is 258 g/mol. The molecule has 0 aliphatic heterocycles. The van der Waals surface area contributed by atoms with Gasteiger partial charge in [-0.3, -0.25) is 0 Å². The normalized spacial score (nSPS) is 11.1. The molecule has 0 bridgehead atoms. The molecule has 0 amide bonds. The van der Waals surface area contributed by atoms with Crippen molar-refractivity contribution in [3.8, 4) is 17.1 Å². The lowest BCUT2D eigenvalue weighted by atomic mass is 10.2. The molecule has 0 aliphatic carbocycles. The number of ether oxygens (including phenoxy) is 1. The minimum Gasteiger partial charge on any atom is -0.445 e. The van der Waals surface area contributed by atoms with Crippen LogP contribution in [-0.4, -0.2) is 8.75 Å². The molecule has 0 N–H and O–H groups in total. The fourth-order valence-corrected chi connectivity index (χ4v) is 2.17. The van der Waals surface area contributed by atoms with Crippen molar-refractivity contribution in [1.29, 1.82) is 0 Å². The Hall–Kier alpha value is -1.75. The van der Waals surface area contributed by atoms with Crippen LogP contribution in [0.15, 0.2) is 36.9 Å². The monoisotopic (exact) mass is 276 g/mol. The molecule has 0 radical (unpaired) electrons. The molecule has 0 atom stereocenters. The van der Waals surface area contributed by atoms with E-state index in [-0.39, 0.29) is 0 Å². The number of allylic oxidation sites excluding steroid dienone is 1. The fraction of sp³-hybridized carbons (Fsp3) is 0.357. The number of hydrogen-bond donors (Lipinski definition) is 0. The lowest BCUT2D eigenvalue weighted by Crippen LogP contribution is -2.26. The van der Waals surface area contributed by atoms with Crippen LogP contribution in [0, 0.1) is 0 Å². The van der Waals surface area contributed by atoms with E-state index in [9.17, 15) is 0 Å². The van der Waals surface area contributed by atoms with Gasteiger partial charge in [-0.1, -0.05) is 13.3 Å². The zero-order valence-corrected chi connectivity index (χ0v) is 12.1. The highest BCUT2D eigenvalue weighted by Crippen LogP contribution is 2.26. The van der Waals surface area contributed by atoms with Gasteiger partial charge in [-0.05, 0) is 25.0 Å². The summed E-state index contributed by atoms with van der Waals surface area (Å²) in [5.41, 5.74) is 1.80. The largest absolute Gasteiger partial charge is 0.445 e. The second kappa shape index (κ2) is 6.99. The van der Waals surface area contributed by atoms with Gasteiger partial charge in [0.25, 0.3) is 5.88 Å². The van der Waals surface area contributed by atoms with Crippen LogP contribution >= 0.6 is 11.7 Å². The summed E-state index contributed by atoms with van der Waals surface area (Å²) in [6.07, 6.45) is 11.1. The Morgan fingerprint density at radius 1 is 1.42 bits per heavy atom. The van der Waals surface area contributed by atoms with Gasteiger partial charge in [0, 0.05) is 6.07 Å². The van der Waals surface area contributed by atoms with Gasteiger partial charge in [0.2, 0.25) is 0 Å². The van der Waals surface area contributed by atoms with E-state index in [1.807, 2.05) is 42.2 Å². The van der Waals surface area contributed by atoms with Gasteiger partial charge in [-0.15, -0.1) is 4.37 Å². The van der Waals surface area contributed by atoms with Crippen LogP contribution in [-0.2, 0) is 7.05 Å². The van der Waals surface area contributed by atoms with Gasteiger partial charge in [0.15, 0.2) is 18.1 Å². The second-order valence-electron chi connectivity index (χ2n) is 4.31. The van der Waals surface area contributed by atoms with E-state index in [1.165, 1.54) is 24.6 Å². The molecule has 2 heterocycles. The van der Waals surface area contributed by atoms with Crippen LogP contribution < -0.4 is 9.30 Å². The molecule has 0 fully saturated rings. The van der Waals surface area contributed by atoms with Crippen LogP contribution in [0.3, 0.4) is 0 Å². The molecule has 0 aliphatic rings. The van der Waals surface area contributed by atoms with Gasteiger partial charge in [-0.2, -0.15) is 4.37 Å². The molecule has 2 aromatic heterocycles. The number of rotatable bonds is 6. The molecule has 0 unspecified atom stereocenters. The third-order valence-corrected chi connectivity index (χ3v) is 3.18. The number of unbranched alkanes of at least 4 members (excludes halogenated alkanes) is 2. The van der Waals surface area contributed by atoms with E-state index in [1.54, 1.807) is 6.26 Å². The van der Waals surface area contributed by atoms with Crippen LogP contribution in [0.2, 0.25) is 0 Å². The zero-order valence-electron chi connectivity index (χ0n) is 11.2. The van der Waals surface area contributed by atoms with Gasteiger partial charge in [-0.25, -0.2) is 4.57 Å². The van der Waals surface area contributed by atoms with Gasteiger partial charge < -0.3 is 4.74 Å². The predicted octanol–water partition coefficient (Wildman–Crippen LogP) is 3.11. The summed E-state index contributed by atoms with van der Waals surface area (Å²) in [6, 6.07) is 3.99. The fourth-order valence-electron chi connectivity index (χ4n) is 1.66. The third-order valence-electron chi connectivity index (χ3n) is 2.67. The van der Waals surface area contributed by atoms with Crippen molar-refractivity contribution in [2.45, 2.75) is 26.2 Å². The maximum atomic E-state index is 5.56. The lowest BCUT2D eigenvalue weighted by molar-refractivity contribution is -0.671. The standard InChI is InChI=1S/C14H18N3OS/c1-3-4-5-6-10-18-14-13(15-19-16-14)12-8-7-9-17(2)11-12/h6-11H,3-5H2,1-2H3/q+1. The summed E-state index contributed by atoms with van der Waals surface area (Å²) in [5.74, 6) is 0.573. The number of aromatic nitrogens is 3. The first-order valence-electron chi connectivity index (χ1n) is 6.41. The summed E-state index contributed by atoms with van der Waals surface area (Å²) in [5, 5.41) is 0. The van der Waals surface area contributed by atoms with Crippen molar-refractivity contribution in [3.05, 3.63) is 36.9 Å². The van der Waals surface area contributed by atoms with Crippen molar-refractivity contribution >= 4 is 11.7 Å². The molecule has 2 rings (SSSR count). The Balaban J connectivity index is 2.07. The first-order chi connectivity index (χ1) is 9.31. The number of nitrogens with zero attached hydrogens (tertiary/aromatic N) is 3. The number of pyridine rings is 1. The van der Waals surface area contributed by atoms with E-state index < -0.39 is 0 Å². The number of hydrogen-bond acceptors (Lipinski definition) is 4. The Bertz CT molecular complexity index is 551. The van der Waals surface area contributed by atoms with E-state index in [0.29, 0.717) is 5.88 Å². The van der Waals surface area contributed by atoms with E-state index in [2.05, 4.69) is 15.7 Å². The van der Waals surface area contributed by atoms with Crippen LogP contribution in [0.5, 0.6) is 5.88 Å². The van der Waals surface area contributed by atoms with Crippen molar-refractivity contribution in [2.75, 3.05) is 0 Å². The van der Waals surface area contributed by atoms with Crippen LogP contribution in [0.1, 0.15) is 26.2 Å². The lowest BCUT2D eigenvalue weighted by Gasteiger charge is -1.98. The quantitative estimate of drug-likeness (QED) is 0.462. The van der Waals surface area contributed by atoms with Crippen LogP contribution in [0.4, 0.5) is 0 Å². The van der Waals surface area contributed by atoms with E-state index in [0.717, 1.165) is 17.7 Å². The highest BCUT2D eigenvalue weighted by Gasteiger charge is 2.13. The molecular formula is C14H18N3OS+. The average molecular weight is 276 g/mol. The molecule has 5 heteroatoms. The molecule has 19 heavy (non-hydrogen) atoms. The summed E-state index contributed by atoms with van der Waals surface area (Å²) >= 11 is 1.17. The summed E-state index contributed by atoms with van der Waals surface area (Å²) in [4.78, 5) is 0. The SMILES string of the molecule is CCCCC=COc1nsnc1-c1ccc[n+](C)c1. The topological polar surface area (TPSA) is 38.9 Å². The Labute approximate surface area is 117 Å². The third kappa shape index (κ3) is 3.86. The van der Waals surface area contributed by atoms with Crippen molar-refractivity contribution in [3.63, 3.8) is 0 Å². The van der Waals surface area contributed by atoms with Gasteiger partial charge in [0.05, 0.1) is 23.6 Å². The molecule has 0 saturated heterocycles. The van der Waals surface area contributed by atoms with Gasteiger partial charge in [0.1, 0.15) is 7.05 Å². The van der Waals surface area contributed by atoms with Gasteiger partial charge >= 0.3 is 0 Å². The molecule has 4 nitrogen and oxygen atoms in total. The summed E-state index contributed by atoms with van der Waals surface area (Å²) < 4.78 is 16.0. The molecule has 0 spiro atoms. The van der Waals surface area contributed by atoms with Crippen LogP contribution in [0.25, 0.3) is 11.3 Å². The molecule has 2 aromatic rings. The first kappa shape index (κ1) is 13.7. The van der Waals surface area contributed by atoms with Crippen molar-refractivity contribution < 1.29 is 9.30 Å². The minimum atomic E-state index is 0.573. The van der Waals surface area contributed by atoms with Crippen molar-refractivity contribution in [1.82, 2.24) is 8.75 Å². The first-order valence-corrected chi connectivity index (χ1v) is 7.14. The summed E-state index contributed by atoms with van der Waals surface area (Å²) in [7, 11) is 1.98. The summed E-state index contributed by atoms with van der Waals surface area (Å²) in [6.45, 7) is 2.17. The van der Waals surface area contributed by atoms with E-state index >= 15 is 0 Å². The highest BCUT2D eigenvalue weighted by molar-refractivity contribution is 6.99. The Kier molecular flexibility index (Phi) is 5.03. The molecule has 0 aromatic carbocycles. The van der Waals surface area contributed by atoms with E-state index in [4.69, 9.17) is 4.74 Å². The number of aryl methyl sites for hydroxylation is 1. The smallest absolute Gasteiger partial charge is 0.259 e. The average Bonchev–Trinajstić information content (AvgIpc) is 2.87. The maximum absolute atomic E-state index is 5.56. The molecule has 0 saturated carbocycles. The Morgan fingerprint density at radius 2 is 2.32 bits per heavy atom. The maximum Gasteiger partial charge on any atom is 0.259 e. The second-order valence-corrected chi connectivity index (χ2v) is 4.84. The zero-order chi connectivity index (χ0) is 13.5. The predicted molar refractivity (Wildman–Crippen MR) is 75.8 cm³/mol. The highest BCUT2D eigenvalue weighted by atomic mass is 32.1.